The molecule has 0 fully saturated rings. The molecule has 7 nitrogen and oxygen atoms in total. The topological polar surface area (TPSA) is 87.9 Å². The second kappa shape index (κ2) is 9.27. The van der Waals surface area contributed by atoms with Crippen LogP contribution in [0.15, 0.2) is 48.5 Å². The van der Waals surface area contributed by atoms with E-state index in [4.69, 9.17) is 9.47 Å². The Kier molecular flexibility index (Phi) is 6.81. The molecule has 0 bridgehead atoms. The number of nitro groups is 1. The highest BCUT2D eigenvalue weighted by molar-refractivity contribution is 5.87. The van der Waals surface area contributed by atoms with Gasteiger partial charge in [-0.2, -0.15) is 8.78 Å². The number of halogens is 2. The fourth-order valence-corrected chi connectivity index (χ4v) is 2.06. The lowest BCUT2D eigenvalue weighted by atomic mass is 10.2. The average Bonchev–Trinajstić information content (AvgIpc) is 2.65. The number of nitro benzene ring substituents is 1. The molecule has 0 unspecified atom stereocenters. The molecule has 0 saturated carbocycles. The molecule has 0 aromatic heterocycles. The number of nitrogens with zero attached hydrogens (tertiary/aromatic N) is 1. The smallest absolute Gasteiger partial charge is 0.387 e. The van der Waals surface area contributed by atoms with Crippen LogP contribution < -0.4 is 9.47 Å². The van der Waals surface area contributed by atoms with Crippen LogP contribution in [0.25, 0.3) is 6.08 Å². The minimum Gasteiger partial charge on any atom is -0.493 e. The predicted octanol–water partition coefficient (Wildman–Crippen LogP) is 3.96. The van der Waals surface area contributed by atoms with Crippen molar-refractivity contribution in [1.82, 2.24) is 0 Å². The van der Waals surface area contributed by atoms with Gasteiger partial charge < -0.3 is 14.2 Å². The zero-order valence-electron chi connectivity index (χ0n) is 14.1. The summed E-state index contributed by atoms with van der Waals surface area (Å²) in [6, 6.07) is 9.80. The normalized spacial score (nSPS) is 10.8. The van der Waals surface area contributed by atoms with Gasteiger partial charge in [0.2, 0.25) is 0 Å². The van der Waals surface area contributed by atoms with Gasteiger partial charge in [0.15, 0.2) is 11.5 Å². The molecule has 0 N–H and O–H groups in total. The van der Waals surface area contributed by atoms with Gasteiger partial charge in [-0.15, -0.1) is 0 Å². The van der Waals surface area contributed by atoms with Crippen LogP contribution in [0.5, 0.6) is 11.5 Å². The Hall–Kier alpha value is -3.49. The molecule has 9 heteroatoms. The van der Waals surface area contributed by atoms with Gasteiger partial charge in [0.25, 0.3) is 5.69 Å². The van der Waals surface area contributed by atoms with Crippen LogP contribution in [0.1, 0.15) is 11.1 Å². The van der Waals surface area contributed by atoms with Crippen LogP contribution in [0.4, 0.5) is 14.5 Å². The number of methoxy groups -OCH3 is 1. The van der Waals surface area contributed by atoms with E-state index in [0.29, 0.717) is 11.1 Å². The Morgan fingerprint density at radius 3 is 2.48 bits per heavy atom. The van der Waals surface area contributed by atoms with Crippen LogP contribution in [0, 0.1) is 10.1 Å². The first kappa shape index (κ1) is 19.8. The zero-order valence-corrected chi connectivity index (χ0v) is 14.1. The molecule has 0 spiro atoms. The van der Waals surface area contributed by atoms with Crippen molar-refractivity contribution in [3.8, 4) is 11.5 Å². The standard InChI is InChI=1S/C18H15F2NO6/c1-25-16-10-12(4-8-15(16)27-18(19)20)5-9-17(22)26-11-13-2-6-14(7-3-13)21(23)24/h2-10,18H,11H2,1H3. The number of hydrogen-bond acceptors (Lipinski definition) is 6. The number of carbonyl (C=O) groups excluding carboxylic acids is 1. The summed E-state index contributed by atoms with van der Waals surface area (Å²) < 4.78 is 38.9. The third-order valence-electron chi connectivity index (χ3n) is 3.34. The van der Waals surface area contributed by atoms with Gasteiger partial charge in [0, 0.05) is 18.2 Å². The van der Waals surface area contributed by atoms with Crippen molar-refractivity contribution < 1.29 is 32.7 Å². The van der Waals surface area contributed by atoms with Crippen molar-refractivity contribution in [1.29, 1.82) is 0 Å². The Morgan fingerprint density at radius 2 is 1.89 bits per heavy atom. The largest absolute Gasteiger partial charge is 0.493 e. The first-order valence-corrected chi connectivity index (χ1v) is 7.60. The summed E-state index contributed by atoms with van der Waals surface area (Å²) in [6.45, 7) is -3.03. The first-order chi connectivity index (χ1) is 12.9. The highest BCUT2D eigenvalue weighted by Crippen LogP contribution is 2.29. The number of benzene rings is 2. The van der Waals surface area contributed by atoms with Crippen molar-refractivity contribution in [3.05, 3.63) is 69.8 Å². The summed E-state index contributed by atoms with van der Waals surface area (Å²) >= 11 is 0. The molecular weight excluding hydrogens is 364 g/mol. The van der Waals surface area contributed by atoms with Crippen molar-refractivity contribution in [2.75, 3.05) is 7.11 Å². The number of rotatable bonds is 8. The van der Waals surface area contributed by atoms with E-state index >= 15 is 0 Å². The van der Waals surface area contributed by atoms with Crippen molar-refractivity contribution >= 4 is 17.7 Å². The molecule has 142 valence electrons. The molecule has 0 radical (unpaired) electrons. The van der Waals surface area contributed by atoms with Crippen molar-refractivity contribution in [2.45, 2.75) is 13.2 Å². The highest BCUT2D eigenvalue weighted by Gasteiger charge is 2.10. The SMILES string of the molecule is COc1cc(C=CC(=O)OCc2ccc([N+](=O)[O-])cc2)ccc1OC(F)F. The fourth-order valence-electron chi connectivity index (χ4n) is 2.06. The first-order valence-electron chi connectivity index (χ1n) is 7.60. The number of hydrogen-bond donors (Lipinski definition) is 0. The van der Waals surface area contributed by atoms with E-state index in [0.717, 1.165) is 6.08 Å². The van der Waals surface area contributed by atoms with E-state index < -0.39 is 17.5 Å². The lowest BCUT2D eigenvalue weighted by molar-refractivity contribution is -0.384. The number of alkyl halides is 2. The molecular formula is C18H15F2NO6. The maximum absolute atomic E-state index is 12.3. The summed E-state index contributed by atoms with van der Waals surface area (Å²) in [5.74, 6) is -0.665. The Labute approximate surface area is 152 Å². The molecule has 0 aliphatic rings. The quantitative estimate of drug-likeness (QED) is 0.299. The van der Waals surface area contributed by atoms with E-state index in [1.54, 1.807) is 0 Å². The second-order valence-electron chi connectivity index (χ2n) is 5.15. The minimum absolute atomic E-state index is 0.0499. The molecule has 0 aliphatic carbocycles. The Balaban J connectivity index is 1.94. The van der Waals surface area contributed by atoms with E-state index in [2.05, 4.69) is 4.74 Å². The summed E-state index contributed by atoms with van der Waals surface area (Å²) in [5, 5.41) is 10.6. The maximum Gasteiger partial charge on any atom is 0.387 e. The van der Waals surface area contributed by atoms with E-state index in [-0.39, 0.29) is 23.8 Å². The highest BCUT2D eigenvalue weighted by atomic mass is 19.3. The summed E-state index contributed by atoms with van der Waals surface area (Å²) in [6.07, 6.45) is 2.58. The van der Waals surface area contributed by atoms with Gasteiger partial charge in [-0.05, 0) is 41.5 Å². The van der Waals surface area contributed by atoms with Crippen LogP contribution in [0.3, 0.4) is 0 Å². The van der Waals surface area contributed by atoms with Crippen LogP contribution in [-0.4, -0.2) is 24.6 Å². The number of carbonyl (C=O) groups is 1. The molecule has 0 amide bonds. The Morgan fingerprint density at radius 1 is 1.19 bits per heavy atom. The van der Waals surface area contributed by atoms with Gasteiger partial charge >= 0.3 is 12.6 Å². The van der Waals surface area contributed by atoms with Crippen LogP contribution in [0.2, 0.25) is 0 Å². The van der Waals surface area contributed by atoms with E-state index in [9.17, 15) is 23.7 Å². The number of non-ortho nitro benzene ring substituents is 1. The molecule has 0 aliphatic heterocycles. The predicted molar refractivity (Wildman–Crippen MR) is 91.6 cm³/mol. The van der Waals surface area contributed by atoms with Gasteiger partial charge in [0.1, 0.15) is 6.61 Å². The number of ether oxygens (including phenoxy) is 3. The lowest BCUT2D eigenvalue weighted by Gasteiger charge is -2.10. The maximum atomic E-state index is 12.3. The summed E-state index contributed by atoms with van der Waals surface area (Å²) in [4.78, 5) is 21.8. The lowest BCUT2D eigenvalue weighted by Crippen LogP contribution is -2.03. The molecule has 0 saturated heterocycles. The fraction of sp³-hybridized carbons (Fsp3) is 0.167. The third kappa shape index (κ3) is 6.07. The van der Waals surface area contributed by atoms with Crippen LogP contribution >= 0.6 is 0 Å². The number of esters is 1. The second-order valence-corrected chi connectivity index (χ2v) is 5.15. The minimum atomic E-state index is -2.98. The van der Waals surface area contributed by atoms with Crippen LogP contribution in [-0.2, 0) is 16.1 Å². The average molecular weight is 379 g/mol. The van der Waals surface area contributed by atoms with Gasteiger partial charge in [-0.25, -0.2) is 4.79 Å². The monoisotopic (exact) mass is 379 g/mol. The van der Waals surface area contributed by atoms with Crippen molar-refractivity contribution in [3.63, 3.8) is 0 Å². The van der Waals surface area contributed by atoms with Gasteiger partial charge in [0.05, 0.1) is 12.0 Å². The Bertz CT molecular complexity index is 836. The summed E-state index contributed by atoms with van der Waals surface area (Å²) in [7, 11) is 1.31. The molecule has 2 rings (SSSR count). The molecule has 2 aromatic rings. The van der Waals surface area contributed by atoms with Gasteiger partial charge in [-0.1, -0.05) is 6.07 Å². The molecule has 27 heavy (non-hydrogen) atoms. The van der Waals surface area contributed by atoms with Gasteiger partial charge in [-0.3, -0.25) is 10.1 Å². The van der Waals surface area contributed by atoms with E-state index in [1.165, 1.54) is 55.7 Å². The van der Waals surface area contributed by atoms with Crippen molar-refractivity contribution in [2.24, 2.45) is 0 Å². The summed E-state index contributed by atoms with van der Waals surface area (Å²) in [5.41, 5.74) is 1.05. The third-order valence-corrected chi connectivity index (χ3v) is 3.34. The molecule has 2 aromatic carbocycles. The molecule has 0 atom stereocenters. The zero-order chi connectivity index (χ0) is 19.8. The van der Waals surface area contributed by atoms with E-state index in [1.807, 2.05) is 0 Å². The molecule has 0 heterocycles.